The van der Waals surface area contributed by atoms with Gasteiger partial charge in [0, 0.05) is 30.3 Å². The SMILES string of the molecule is CCCn1c(SCC(=O)Nc2ccc(NC(=O)CC)cc2)nnc1C(C)C. The van der Waals surface area contributed by atoms with Crippen LogP contribution >= 0.6 is 11.8 Å². The fourth-order valence-electron chi connectivity index (χ4n) is 2.48. The first-order valence-electron chi connectivity index (χ1n) is 9.20. The third kappa shape index (κ3) is 6.09. The normalized spacial score (nSPS) is 10.9. The molecule has 1 aromatic heterocycles. The standard InChI is InChI=1S/C19H27N5O2S/c1-5-11-24-18(13(3)4)22-23-19(24)27-12-17(26)21-15-9-7-14(8-10-15)20-16(25)6-2/h7-10,13H,5-6,11-12H2,1-4H3,(H,20,25)(H,21,26). The number of anilines is 2. The van der Waals surface area contributed by atoms with Crippen LogP contribution in [-0.4, -0.2) is 32.3 Å². The molecule has 0 fully saturated rings. The molecule has 0 saturated heterocycles. The summed E-state index contributed by atoms with van der Waals surface area (Å²) in [6, 6.07) is 7.07. The Morgan fingerprint density at radius 2 is 1.63 bits per heavy atom. The molecule has 0 atom stereocenters. The van der Waals surface area contributed by atoms with Crippen molar-refractivity contribution in [3.05, 3.63) is 30.1 Å². The van der Waals surface area contributed by atoms with Crippen molar-refractivity contribution in [2.24, 2.45) is 0 Å². The molecule has 0 bridgehead atoms. The summed E-state index contributed by atoms with van der Waals surface area (Å²) in [5.74, 6) is 1.35. The van der Waals surface area contributed by atoms with E-state index < -0.39 is 0 Å². The monoisotopic (exact) mass is 389 g/mol. The zero-order chi connectivity index (χ0) is 19.8. The second-order valence-electron chi connectivity index (χ2n) is 6.46. The molecular formula is C19H27N5O2S. The molecule has 0 aliphatic rings. The van der Waals surface area contributed by atoms with Crippen molar-refractivity contribution in [2.75, 3.05) is 16.4 Å². The third-order valence-corrected chi connectivity index (χ3v) is 4.78. The second-order valence-corrected chi connectivity index (χ2v) is 7.41. The van der Waals surface area contributed by atoms with E-state index in [4.69, 9.17) is 0 Å². The van der Waals surface area contributed by atoms with Gasteiger partial charge in [0.1, 0.15) is 5.82 Å². The molecule has 0 saturated carbocycles. The van der Waals surface area contributed by atoms with Crippen LogP contribution in [0.5, 0.6) is 0 Å². The van der Waals surface area contributed by atoms with E-state index in [1.807, 2.05) is 0 Å². The lowest BCUT2D eigenvalue weighted by Gasteiger charge is -2.11. The summed E-state index contributed by atoms with van der Waals surface area (Å²) in [6.45, 7) is 8.92. The van der Waals surface area contributed by atoms with E-state index >= 15 is 0 Å². The van der Waals surface area contributed by atoms with Gasteiger partial charge in [0.05, 0.1) is 5.75 Å². The fraction of sp³-hybridized carbons (Fsp3) is 0.474. The lowest BCUT2D eigenvalue weighted by molar-refractivity contribution is -0.116. The molecule has 2 N–H and O–H groups in total. The number of benzene rings is 1. The molecule has 0 unspecified atom stereocenters. The van der Waals surface area contributed by atoms with Gasteiger partial charge in [0.2, 0.25) is 11.8 Å². The average molecular weight is 390 g/mol. The second kappa shape index (κ2) is 10.1. The highest BCUT2D eigenvalue weighted by atomic mass is 32.2. The van der Waals surface area contributed by atoms with Gasteiger partial charge in [-0.25, -0.2) is 0 Å². The number of nitrogens with zero attached hydrogens (tertiary/aromatic N) is 3. The number of rotatable bonds is 9. The molecule has 8 heteroatoms. The first-order chi connectivity index (χ1) is 12.9. The summed E-state index contributed by atoms with van der Waals surface area (Å²) >= 11 is 1.39. The smallest absolute Gasteiger partial charge is 0.234 e. The molecule has 2 rings (SSSR count). The highest BCUT2D eigenvalue weighted by Gasteiger charge is 2.16. The van der Waals surface area contributed by atoms with Crippen molar-refractivity contribution in [2.45, 2.75) is 58.2 Å². The molecule has 0 aliphatic heterocycles. The van der Waals surface area contributed by atoms with Crippen LogP contribution in [0, 0.1) is 0 Å². The molecule has 27 heavy (non-hydrogen) atoms. The number of carbonyl (C=O) groups is 2. The maximum absolute atomic E-state index is 12.2. The molecule has 0 radical (unpaired) electrons. The van der Waals surface area contributed by atoms with Crippen molar-refractivity contribution in [1.29, 1.82) is 0 Å². The summed E-state index contributed by atoms with van der Waals surface area (Å²) in [5, 5.41) is 14.9. The third-order valence-electron chi connectivity index (χ3n) is 3.81. The van der Waals surface area contributed by atoms with Crippen molar-refractivity contribution in [3.8, 4) is 0 Å². The minimum atomic E-state index is -0.109. The van der Waals surface area contributed by atoms with Crippen LogP contribution < -0.4 is 10.6 Å². The Balaban J connectivity index is 1.92. The molecule has 0 spiro atoms. The molecule has 2 amide bonds. The zero-order valence-corrected chi connectivity index (χ0v) is 17.1. The van der Waals surface area contributed by atoms with Crippen molar-refractivity contribution in [3.63, 3.8) is 0 Å². The molecule has 0 aliphatic carbocycles. The molecule has 7 nitrogen and oxygen atoms in total. The van der Waals surface area contributed by atoms with Gasteiger partial charge in [0.15, 0.2) is 5.16 Å². The summed E-state index contributed by atoms with van der Waals surface area (Å²) in [5.41, 5.74) is 1.40. The highest BCUT2D eigenvalue weighted by molar-refractivity contribution is 7.99. The number of aromatic nitrogens is 3. The lowest BCUT2D eigenvalue weighted by Crippen LogP contribution is -2.15. The fourth-order valence-corrected chi connectivity index (χ4v) is 3.25. The van der Waals surface area contributed by atoms with Gasteiger partial charge in [0.25, 0.3) is 0 Å². The van der Waals surface area contributed by atoms with Gasteiger partial charge in [-0.1, -0.05) is 39.5 Å². The number of nitrogens with one attached hydrogen (secondary N) is 2. The first-order valence-corrected chi connectivity index (χ1v) is 10.2. The predicted octanol–water partition coefficient (Wildman–Crippen LogP) is 3.89. The van der Waals surface area contributed by atoms with Crippen LogP contribution in [0.4, 0.5) is 11.4 Å². The Bertz CT molecular complexity index is 771. The lowest BCUT2D eigenvalue weighted by atomic mass is 10.2. The number of amides is 2. The largest absolute Gasteiger partial charge is 0.326 e. The van der Waals surface area contributed by atoms with E-state index in [1.54, 1.807) is 31.2 Å². The molecule has 1 aromatic carbocycles. The first kappa shape index (κ1) is 21.0. The van der Waals surface area contributed by atoms with Gasteiger partial charge in [-0.3, -0.25) is 9.59 Å². The van der Waals surface area contributed by atoms with Crippen LogP contribution in [0.3, 0.4) is 0 Å². The highest BCUT2D eigenvalue weighted by Crippen LogP contribution is 2.22. The Morgan fingerprint density at radius 3 is 2.15 bits per heavy atom. The number of hydrogen-bond acceptors (Lipinski definition) is 5. The van der Waals surface area contributed by atoms with Crippen molar-refractivity contribution in [1.82, 2.24) is 14.8 Å². The number of thioether (sulfide) groups is 1. The van der Waals surface area contributed by atoms with Gasteiger partial charge in [-0.15, -0.1) is 10.2 Å². The minimum Gasteiger partial charge on any atom is -0.326 e. The summed E-state index contributed by atoms with van der Waals surface area (Å²) in [7, 11) is 0. The summed E-state index contributed by atoms with van der Waals surface area (Å²) < 4.78 is 2.09. The van der Waals surface area contributed by atoms with Crippen LogP contribution in [-0.2, 0) is 16.1 Å². The van der Waals surface area contributed by atoms with E-state index in [2.05, 4.69) is 46.2 Å². The van der Waals surface area contributed by atoms with Gasteiger partial charge in [-0.2, -0.15) is 0 Å². The Labute approximate surface area is 164 Å². The topological polar surface area (TPSA) is 88.9 Å². The molecule has 1 heterocycles. The average Bonchev–Trinajstić information content (AvgIpc) is 3.05. The molecule has 146 valence electrons. The van der Waals surface area contributed by atoms with E-state index in [0.29, 0.717) is 23.7 Å². The minimum absolute atomic E-state index is 0.0415. The Kier molecular flexibility index (Phi) is 7.84. The van der Waals surface area contributed by atoms with Crippen molar-refractivity contribution < 1.29 is 9.59 Å². The van der Waals surface area contributed by atoms with Crippen LogP contribution in [0.1, 0.15) is 52.3 Å². The van der Waals surface area contributed by atoms with E-state index in [9.17, 15) is 9.59 Å². The molecular weight excluding hydrogens is 362 g/mol. The quantitative estimate of drug-likeness (QED) is 0.635. The number of hydrogen-bond donors (Lipinski definition) is 2. The van der Waals surface area contributed by atoms with E-state index in [0.717, 1.165) is 23.9 Å². The Morgan fingerprint density at radius 1 is 1.04 bits per heavy atom. The van der Waals surface area contributed by atoms with Gasteiger partial charge in [-0.05, 0) is 30.7 Å². The van der Waals surface area contributed by atoms with Gasteiger partial charge < -0.3 is 15.2 Å². The van der Waals surface area contributed by atoms with Crippen LogP contribution in [0.2, 0.25) is 0 Å². The van der Waals surface area contributed by atoms with E-state index in [1.165, 1.54) is 11.8 Å². The van der Waals surface area contributed by atoms with E-state index in [-0.39, 0.29) is 17.6 Å². The summed E-state index contributed by atoms with van der Waals surface area (Å²) in [4.78, 5) is 23.6. The predicted molar refractivity (Wildman–Crippen MR) is 109 cm³/mol. The van der Waals surface area contributed by atoms with Gasteiger partial charge >= 0.3 is 0 Å². The zero-order valence-electron chi connectivity index (χ0n) is 16.3. The molecule has 2 aromatic rings. The van der Waals surface area contributed by atoms with Crippen LogP contribution in [0.25, 0.3) is 0 Å². The van der Waals surface area contributed by atoms with Crippen molar-refractivity contribution >= 4 is 35.0 Å². The number of carbonyl (C=O) groups excluding carboxylic acids is 2. The Hall–Kier alpha value is -2.35. The maximum atomic E-state index is 12.2. The summed E-state index contributed by atoms with van der Waals surface area (Å²) in [6.07, 6.45) is 1.41. The van der Waals surface area contributed by atoms with Crippen LogP contribution in [0.15, 0.2) is 29.4 Å². The maximum Gasteiger partial charge on any atom is 0.234 e.